The van der Waals surface area contributed by atoms with Gasteiger partial charge in [0.25, 0.3) is 5.91 Å². The molecule has 1 heterocycles. The Morgan fingerprint density at radius 2 is 2.08 bits per heavy atom. The molecule has 1 aliphatic carbocycles. The number of fused-ring (bicyclic) bond motifs is 1. The van der Waals surface area contributed by atoms with Crippen molar-refractivity contribution in [1.29, 1.82) is 5.26 Å². The molecule has 1 aliphatic rings. The maximum Gasteiger partial charge on any atom is 0.280 e. The summed E-state index contributed by atoms with van der Waals surface area (Å²) in [7, 11) is 0. The lowest BCUT2D eigenvalue weighted by Gasteiger charge is -2.19. The van der Waals surface area contributed by atoms with Crippen molar-refractivity contribution in [3.63, 3.8) is 0 Å². The van der Waals surface area contributed by atoms with Gasteiger partial charge in [0.15, 0.2) is 6.54 Å². The van der Waals surface area contributed by atoms with Crippen molar-refractivity contribution in [2.24, 2.45) is 5.92 Å². The minimum atomic E-state index is -0.0435. The zero-order chi connectivity index (χ0) is 17.8. The number of thiophene rings is 1. The molecule has 3 rings (SSSR count). The molecule has 0 saturated heterocycles. The van der Waals surface area contributed by atoms with Crippen molar-refractivity contribution in [3.05, 3.63) is 51.9 Å². The topological polar surface area (TPSA) is 69.5 Å². The van der Waals surface area contributed by atoms with Gasteiger partial charge in [-0.05, 0) is 24.8 Å². The van der Waals surface area contributed by atoms with E-state index < -0.39 is 0 Å². The summed E-state index contributed by atoms with van der Waals surface area (Å²) >= 11 is 1.57. The highest BCUT2D eigenvalue weighted by atomic mass is 32.1. The van der Waals surface area contributed by atoms with Crippen molar-refractivity contribution >= 4 is 22.2 Å². The number of hydrogen-bond donors (Lipinski definition) is 2. The average Bonchev–Trinajstić information content (AvgIpc) is 3.16. The molecule has 3 N–H and O–H groups in total. The summed E-state index contributed by atoms with van der Waals surface area (Å²) in [6.07, 6.45) is 3.10. The van der Waals surface area contributed by atoms with Gasteiger partial charge in [-0.2, -0.15) is 5.26 Å². The number of quaternary nitrogens is 1. The molecule has 0 fully saturated rings. The summed E-state index contributed by atoms with van der Waals surface area (Å²) in [5, 5.41) is 15.2. The summed E-state index contributed by atoms with van der Waals surface area (Å²) < 4.78 is 0. The Hall–Kier alpha value is -2.16. The Bertz CT molecular complexity index is 789. The molecule has 0 bridgehead atoms. The van der Waals surface area contributed by atoms with Crippen LogP contribution in [0.5, 0.6) is 0 Å². The molecule has 5 heteroatoms. The molecule has 1 atom stereocenters. The molecule has 4 nitrogen and oxygen atoms in total. The number of nitrogens with one attached hydrogen (secondary N) is 1. The zero-order valence-electron chi connectivity index (χ0n) is 14.7. The van der Waals surface area contributed by atoms with Crippen LogP contribution < -0.4 is 10.6 Å². The van der Waals surface area contributed by atoms with Crippen LogP contribution in [0.25, 0.3) is 0 Å². The van der Waals surface area contributed by atoms with Gasteiger partial charge in [0.2, 0.25) is 0 Å². The van der Waals surface area contributed by atoms with Crippen LogP contribution in [0.4, 0.5) is 5.00 Å². The fraction of sp³-hybridized carbons (Fsp3) is 0.400. The van der Waals surface area contributed by atoms with Gasteiger partial charge in [0.1, 0.15) is 17.1 Å². The Labute approximate surface area is 152 Å². The van der Waals surface area contributed by atoms with Crippen molar-refractivity contribution < 1.29 is 10.1 Å². The molecule has 1 aromatic heterocycles. The number of nitrogens with zero attached hydrogens (tertiary/aromatic N) is 1. The summed E-state index contributed by atoms with van der Waals surface area (Å²) in [4.78, 5) is 13.7. The highest BCUT2D eigenvalue weighted by Gasteiger charge is 2.24. The third kappa shape index (κ3) is 3.92. The third-order valence-electron chi connectivity index (χ3n) is 4.75. The second-order valence-electron chi connectivity index (χ2n) is 6.84. The number of carbonyl (C=O) groups excluding carboxylic acids is 1. The van der Waals surface area contributed by atoms with Crippen molar-refractivity contribution in [2.45, 2.75) is 39.2 Å². The SMILES string of the molecule is CC(C)[C@H]([NH2+]CC(=O)Nc1sc2c(c1C#N)CCC2)c1ccccc1. The maximum absolute atomic E-state index is 12.4. The lowest BCUT2D eigenvalue weighted by molar-refractivity contribution is -0.692. The molecule has 0 unspecified atom stereocenters. The second kappa shape index (κ2) is 7.81. The minimum Gasteiger partial charge on any atom is -0.332 e. The largest absolute Gasteiger partial charge is 0.332 e. The minimum absolute atomic E-state index is 0.0435. The van der Waals surface area contributed by atoms with Gasteiger partial charge in [0, 0.05) is 16.4 Å². The van der Waals surface area contributed by atoms with E-state index in [0.717, 1.165) is 29.8 Å². The van der Waals surface area contributed by atoms with Gasteiger partial charge in [-0.3, -0.25) is 4.79 Å². The van der Waals surface area contributed by atoms with Gasteiger partial charge in [-0.15, -0.1) is 11.3 Å². The number of amides is 1. The maximum atomic E-state index is 12.4. The van der Waals surface area contributed by atoms with E-state index in [9.17, 15) is 10.1 Å². The second-order valence-corrected chi connectivity index (χ2v) is 7.95. The summed E-state index contributed by atoms with van der Waals surface area (Å²) in [5.41, 5.74) is 3.06. The number of nitriles is 1. The quantitative estimate of drug-likeness (QED) is 0.837. The Morgan fingerprint density at radius 3 is 2.76 bits per heavy atom. The van der Waals surface area contributed by atoms with Crippen molar-refractivity contribution in [3.8, 4) is 6.07 Å². The number of hydrogen-bond acceptors (Lipinski definition) is 3. The van der Waals surface area contributed by atoms with Crippen LogP contribution in [-0.4, -0.2) is 12.5 Å². The molecule has 0 saturated carbocycles. The molecular weight excluding hydrogens is 330 g/mol. The van der Waals surface area contributed by atoms with Crippen LogP contribution in [0.1, 0.15) is 47.9 Å². The summed E-state index contributed by atoms with van der Waals surface area (Å²) in [6.45, 7) is 4.69. The first kappa shape index (κ1) is 17.7. The molecule has 1 amide bonds. The van der Waals surface area contributed by atoms with E-state index in [1.54, 1.807) is 11.3 Å². The molecule has 130 valence electrons. The lowest BCUT2D eigenvalue weighted by atomic mass is 9.96. The van der Waals surface area contributed by atoms with E-state index in [4.69, 9.17) is 0 Å². The van der Waals surface area contributed by atoms with Crippen LogP contribution >= 0.6 is 11.3 Å². The first-order valence-electron chi connectivity index (χ1n) is 8.83. The number of carbonyl (C=O) groups is 1. The van der Waals surface area contributed by atoms with Crippen LogP contribution in [0, 0.1) is 17.2 Å². The molecule has 25 heavy (non-hydrogen) atoms. The highest BCUT2D eigenvalue weighted by Crippen LogP contribution is 2.38. The lowest BCUT2D eigenvalue weighted by Crippen LogP contribution is -2.88. The molecule has 2 aromatic rings. The Balaban J connectivity index is 1.64. The van der Waals surface area contributed by atoms with Crippen LogP contribution in [-0.2, 0) is 17.6 Å². The van der Waals surface area contributed by atoms with Crippen LogP contribution in [0.15, 0.2) is 30.3 Å². The molecule has 0 aliphatic heterocycles. The number of benzene rings is 1. The molecule has 0 spiro atoms. The van der Waals surface area contributed by atoms with Crippen LogP contribution in [0.2, 0.25) is 0 Å². The van der Waals surface area contributed by atoms with Crippen LogP contribution in [0.3, 0.4) is 0 Å². The average molecular weight is 354 g/mol. The van der Waals surface area contributed by atoms with Gasteiger partial charge >= 0.3 is 0 Å². The summed E-state index contributed by atoms with van der Waals surface area (Å²) in [6, 6.07) is 12.8. The van der Waals surface area contributed by atoms with E-state index in [-0.39, 0.29) is 11.9 Å². The predicted molar refractivity (Wildman–Crippen MR) is 101 cm³/mol. The highest BCUT2D eigenvalue weighted by molar-refractivity contribution is 7.16. The first-order chi connectivity index (χ1) is 12.1. The van der Waals surface area contributed by atoms with Gasteiger partial charge in [-0.1, -0.05) is 44.2 Å². The van der Waals surface area contributed by atoms with E-state index in [0.29, 0.717) is 18.0 Å². The monoisotopic (exact) mass is 354 g/mol. The van der Waals surface area contributed by atoms with Gasteiger partial charge in [-0.25, -0.2) is 0 Å². The number of anilines is 1. The van der Waals surface area contributed by atoms with Crippen molar-refractivity contribution in [2.75, 3.05) is 11.9 Å². The van der Waals surface area contributed by atoms with Crippen molar-refractivity contribution in [1.82, 2.24) is 0 Å². The third-order valence-corrected chi connectivity index (χ3v) is 5.95. The molecule has 1 aromatic carbocycles. The molecule has 0 radical (unpaired) electrons. The Morgan fingerprint density at radius 1 is 1.32 bits per heavy atom. The predicted octanol–water partition coefficient (Wildman–Crippen LogP) is 3.01. The normalized spacial score (nSPS) is 14.2. The van der Waals surface area contributed by atoms with Gasteiger partial charge < -0.3 is 10.6 Å². The standard InChI is InChI=1S/C20H23N3OS/c1-13(2)19(14-7-4-3-5-8-14)22-12-18(24)23-20-16(11-21)15-9-6-10-17(15)25-20/h3-5,7-8,13,19,22H,6,9-10,12H2,1-2H3,(H,23,24)/p+1/t19-/m0/s1. The van der Waals surface area contributed by atoms with E-state index in [2.05, 4.69) is 42.7 Å². The summed E-state index contributed by atoms with van der Waals surface area (Å²) in [5.74, 6) is 0.383. The van der Waals surface area contributed by atoms with E-state index in [1.165, 1.54) is 10.4 Å². The smallest absolute Gasteiger partial charge is 0.280 e. The fourth-order valence-corrected chi connectivity index (χ4v) is 4.75. The van der Waals surface area contributed by atoms with Gasteiger partial charge in [0.05, 0.1) is 5.56 Å². The Kier molecular flexibility index (Phi) is 5.52. The number of nitrogens with two attached hydrogens (primary N) is 1. The first-order valence-corrected chi connectivity index (χ1v) is 9.64. The number of rotatable bonds is 6. The van der Waals surface area contributed by atoms with E-state index in [1.807, 2.05) is 18.2 Å². The number of aryl methyl sites for hydroxylation is 1. The zero-order valence-corrected chi connectivity index (χ0v) is 15.5. The fourth-order valence-electron chi connectivity index (χ4n) is 3.49. The van der Waals surface area contributed by atoms with E-state index >= 15 is 0 Å². The molecular formula is C20H24N3OS+.